The maximum Gasteiger partial charge on any atom is 0.162 e. The van der Waals surface area contributed by atoms with Gasteiger partial charge in [0, 0.05) is 18.4 Å². The number of Topliss-reactive ketones (excluding diaryl/α,β-unsaturated/α-hetero) is 1. The normalized spacial score (nSPS) is 10.3. The monoisotopic (exact) mass is 260 g/mol. The fraction of sp³-hybridized carbons (Fsp3) is 0.267. The highest BCUT2D eigenvalue weighted by molar-refractivity contribution is 7.07. The summed E-state index contributed by atoms with van der Waals surface area (Å²) in [6, 6.07) is 9.47. The van der Waals surface area contributed by atoms with E-state index in [9.17, 15) is 4.79 Å². The van der Waals surface area contributed by atoms with Crippen molar-refractivity contribution in [3.8, 4) is 5.75 Å². The highest BCUT2D eigenvalue weighted by atomic mass is 32.1. The van der Waals surface area contributed by atoms with Gasteiger partial charge < -0.3 is 4.74 Å². The molecule has 2 aromatic rings. The van der Waals surface area contributed by atoms with Gasteiger partial charge in [0.15, 0.2) is 5.78 Å². The van der Waals surface area contributed by atoms with Gasteiger partial charge in [-0.25, -0.2) is 0 Å². The molecule has 0 amide bonds. The largest absolute Gasteiger partial charge is 0.493 e. The molecule has 0 N–H and O–H groups in total. The minimum atomic E-state index is 0.167. The maximum absolute atomic E-state index is 11.5. The number of benzene rings is 1. The van der Waals surface area contributed by atoms with Gasteiger partial charge in [0.2, 0.25) is 0 Å². The summed E-state index contributed by atoms with van der Waals surface area (Å²) in [5.41, 5.74) is 2.06. The molecule has 94 valence electrons. The predicted molar refractivity (Wildman–Crippen MR) is 74.6 cm³/mol. The molecule has 0 radical (unpaired) electrons. The summed E-state index contributed by atoms with van der Waals surface area (Å²) in [7, 11) is 0. The molecule has 0 saturated heterocycles. The molecule has 2 rings (SSSR count). The van der Waals surface area contributed by atoms with Gasteiger partial charge in [0.25, 0.3) is 0 Å². The smallest absolute Gasteiger partial charge is 0.162 e. The number of ether oxygens (including phenoxy) is 1. The Morgan fingerprint density at radius 1 is 1.22 bits per heavy atom. The Morgan fingerprint density at radius 3 is 2.61 bits per heavy atom. The summed E-state index contributed by atoms with van der Waals surface area (Å²) in [5.74, 6) is 0.984. The van der Waals surface area contributed by atoms with E-state index in [2.05, 4.69) is 16.8 Å². The Labute approximate surface area is 111 Å². The van der Waals surface area contributed by atoms with Crippen LogP contribution in [0.4, 0.5) is 0 Å². The second kappa shape index (κ2) is 6.36. The van der Waals surface area contributed by atoms with E-state index in [4.69, 9.17) is 4.74 Å². The van der Waals surface area contributed by atoms with E-state index in [0.717, 1.165) is 17.7 Å². The zero-order valence-corrected chi connectivity index (χ0v) is 11.2. The van der Waals surface area contributed by atoms with Crippen molar-refractivity contribution >= 4 is 17.1 Å². The van der Waals surface area contributed by atoms with Crippen LogP contribution in [0.25, 0.3) is 0 Å². The topological polar surface area (TPSA) is 26.3 Å². The second-order valence-corrected chi connectivity index (χ2v) is 4.81. The van der Waals surface area contributed by atoms with Crippen LogP contribution in [0.15, 0.2) is 41.1 Å². The van der Waals surface area contributed by atoms with Crippen LogP contribution >= 0.6 is 11.3 Å². The number of hydrogen-bond acceptors (Lipinski definition) is 3. The zero-order valence-electron chi connectivity index (χ0n) is 10.4. The third-order valence-corrected chi connectivity index (χ3v) is 3.47. The first-order valence-electron chi connectivity index (χ1n) is 6.06. The van der Waals surface area contributed by atoms with Crippen LogP contribution in [0.2, 0.25) is 0 Å². The molecule has 0 aliphatic carbocycles. The molecule has 1 aromatic carbocycles. The first kappa shape index (κ1) is 12.8. The minimum absolute atomic E-state index is 0.167. The number of thiophene rings is 1. The Kier molecular flexibility index (Phi) is 4.53. The lowest BCUT2D eigenvalue weighted by molar-refractivity contribution is 0.0988. The lowest BCUT2D eigenvalue weighted by atomic mass is 10.1. The van der Waals surface area contributed by atoms with E-state index in [-0.39, 0.29) is 5.78 Å². The van der Waals surface area contributed by atoms with Crippen LogP contribution in [-0.4, -0.2) is 12.4 Å². The molecule has 0 aliphatic rings. The van der Waals surface area contributed by atoms with Crippen molar-refractivity contribution in [2.45, 2.75) is 19.8 Å². The summed E-state index contributed by atoms with van der Waals surface area (Å²) in [6.07, 6.45) is 1.46. The summed E-state index contributed by atoms with van der Waals surface area (Å²) < 4.78 is 5.64. The zero-order chi connectivity index (χ0) is 12.8. The van der Waals surface area contributed by atoms with Crippen molar-refractivity contribution in [3.05, 3.63) is 52.2 Å². The van der Waals surface area contributed by atoms with Gasteiger partial charge in [-0.1, -0.05) is 6.92 Å². The van der Waals surface area contributed by atoms with Crippen LogP contribution in [0.3, 0.4) is 0 Å². The lowest BCUT2D eigenvalue weighted by Crippen LogP contribution is -2.01. The van der Waals surface area contributed by atoms with E-state index >= 15 is 0 Å². The van der Waals surface area contributed by atoms with Crippen molar-refractivity contribution in [3.63, 3.8) is 0 Å². The highest BCUT2D eigenvalue weighted by Crippen LogP contribution is 2.14. The summed E-state index contributed by atoms with van der Waals surface area (Å²) >= 11 is 1.70. The first-order chi connectivity index (χ1) is 8.79. The first-order valence-corrected chi connectivity index (χ1v) is 7.01. The highest BCUT2D eigenvalue weighted by Gasteiger charge is 2.02. The molecule has 3 heteroatoms. The number of hydrogen-bond donors (Lipinski definition) is 0. The van der Waals surface area contributed by atoms with Crippen molar-refractivity contribution in [1.82, 2.24) is 0 Å². The third-order valence-electron chi connectivity index (χ3n) is 2.74. The number of carbonyl (C=O) groups is 1. The molecule has 1 heterocycles. The molecule has 0 spiro atoms. The summed E-state index contributed by atoms with van der Waals surface area (Å²) in [5, 5.41) is 4.20. The van der Waals surface area contributed by atoms with E-state index < -0.39 is 0 Å². The molecule has 0 fully saturated rings. The molecular formula is C15H16O2S. The standard InChI is InChI=1S/C15H16O2S/c1-2-15(16)13-3-5-14(6-4-13)17-9-7-12-8-10-18-11-12/h3-6,8,10-11H,2,7,9H2,1H3. The Balaban J connectivity index is 1.85. The van der Waals surface area contributed by atoms with Gasteiger partial charge in [0.05, 0.1) is 6.61 Å². The fourth-order valence-electron chi connectivity index (χ4n) is 1.66. The molecule has 2 nitrogen and oxygen atoms in total. The molecule has 18 heavy (non-hydrogen) atoms. The summed E-state index contributed by atoms with van der Waals surface area (Å²) in [4.78, 5) is 11.5. The van der Waals surface area contributed by atoms with Crippen LogP contribution in [0, 0.1) is 0 Å². The Bertz CT molecular complexity index is 486. The number of rotatable bonds is 6. The van der Waals surface area contributed by atoms with Gasteiger partial charge in [-0.15, -0.1) is 0 Å². The summed E-state index contributed by atoms with van der Waals surface area (Å²) in [6.45, 7) is 2.53. The van der Waals surface area contributed by atoms with Crippen LogP contribution in [0.1, 0.15) is 29.3 Å². The average Bonchev–Trinajstić information content (AvgIpc) is 2.92. The maximum atomic E-state index is 11.5. The van der Waals surface area contributed by atoms with Gasteiger partial charge in [-0.05, 0) is 46.7 Å². The van der Waals surface area contributed by atoms with Crippen molar-refractivity contribution in [2.75, 3.05) is 6.61 Å². The Hall–Kier alpha value is -1.61. The molecule has 0 unspecified atom stereocenters. The van der Waals surface area contributed by atoms with Gasteiger partial charge in [-0.3, -0.25) is 4.79 Å². The molecule has 0 aliphatic heterocycles. The minimum Gasteiger partial charge on any atom is -0.493 e. The number of carbonyl (C=O) groups excluding carboxylic acids is 1. The van der Waals surface area contributed by atoms with Crippen LogP contribution in [-0.2, 0) is 6.42 Å². The van der Waals surface area contributed by atoms with E-state index in [1.165, 1.54) is 5.56 Å². The second-order valence-electron chi connectivity index (χ2n) is 4.03. The van der Waals surface area contributed by atoms with Crippen molar-refractivity contribution in [1.29, 1.82) is 0 Å². The van der Waals surface area contributed by atoms with Crippen molar-refractivity contribution < 1.29 is 9.53 Å². The lowest BCUT2D eigenvalue weighted by Gasteiger charge is -2.06. The molecule has 1 aromatic heterocycles. The fourth-order valence-corrected chi connectivity index (χ4v) is 2.37. The average molecular weight is 260 g/mol. The van der Waals surface area contributed by atoms with Gasteiger partial charge in [0.1, 0.15) is 5.75 Å². The van der Waals surface area contributed by atoms with Crippen molar-refractivity contribution in [2.24, 2.45) is 0 Å². The number of ketones is 1. The predicted octanol–water partition coefficient (Wildman–Crippen LogP) is 3.96. The molecule has 0 atom stereocenters. The van der Waals surface area contributed by atoms with Gasteiger partial charge >= 0.3 is 0 Å². The SMILES string of the molecule is CCC(=O)c1ccc(OCCc2ccsc2)cc1. The third kappa shape index (κ3) is 3.44. The van der Waals surface area contributed by atoms with Gasteiger partial charge in [-0.2, -0.15) is 11.3 Å². The molecular weight excluding hydrogens is 244 g/mol. The quantitative estimate of drug-likeness (QED) is 0.735. The van der Waals surface area contributed by atoms with E-state index in [0.29, 0.717) is 13.0 Å². The molecule has 0 saturated carbocycles. The molecule has 0 bridgehead atoms. The van der Waals surface area contributed by atoms with Crippen LogP contribution in [0.5, 0.6) is 5.75 Å². The van der Waals surface area contributed by atoms with E-state index in [1.807, 2.05) is 31.2 Å². The van der Waals surface area contributed by atoms with E-state index in [1.54, 1.807) is 11.3 Å². The Morgan fingerprint density at radius 2 is 2.00 bits per heavy atom. The van der Waals surface area contributed by atoms with Crippen LogP contribution < -0.4 is 4.74 Å².